The predicted octanol–water partition coefficient (Wildman–Crippen LogP) is 4.44. The molecule has 0 radical (unpaired) electrons. The Morgan fingerprint density at radius 2 is 1.68 bits per heavy atom. The maximum absolute atomic E-state index is 11.9. The van der Waals surface area contributed by atoms with Gasteiger partial charge in [-0.25, -0.2) is 0 Å². The van der Waals surface area contributed by atoms with Gasteiger partial charge >= 0.3 is 5.97 Å². The lowest BCUT2D eigenvalue weighted by atomic mass is 10.1. The van der Waals surface area contributed by atoms with Crippen molar-refractivity contribution in [1.82, 2.24) is 0 Å². The van der Waals surface area contributed by atoms with Crippen LogP contribution in [-0.4, -0.2) is 12.3 Å². The third-order valence-electron chi connectivity index (χ3n) is 3.78. The fourth-order valence-corrected chi connectivity index (χ4v) is 3.43. The highest BCUT2D eigenvalue weighted by Gasteiger charge is 2.06. The van der Waals surface area contributed by atoms with Crippen LogP contribution in [0.15, 0.2) is 66.7 Å². The van der Waals surface area contributed by atoms with E-state index in [1.807, 2.05) is 66.7 Å². The molecule has 3 aromatic rings. The number of hydrogen-bond acceptors (Lipinski definition) is 4. The molecule has 2 aromatic carbocycles. The predicted molar refractivity (Wildman–Crippen MR) is 99.5 cm³/mol. The Morgan fingerprint density at radius 3 is 2.40 bits per heavy atom. The SMILES string of the molecule is O=CCc1ccc(-c2ccc(COC(=O)Cc3ccccc3)cc2)s1. The third-order valence-corrected chi connectivity index (χ3v) is 4.93. The van der Waals surface area contributed by atoms with Crippen LogP contribution in [0.2, 0.25) is 0 Å². The van der Waals surface area contributed by atoms with E-state index in [0.717, 1.165) is 32.7 Å². The van der Waals surface area contributed by atoms with Gasteiger partial charge in [0.2, 0.25) is 0 Å². The standard InChI is InChI=1S/C21H18O3S/c22-13-12-19-10-11-20(25-19)18-8-6-17(7-9-18)15-24-21(23)14-16-4-2-1-3-5-16/h1-11,13H,12,14-15H2. The third kappa shape index (κ3) is 4.88. The molecule has 0 spiro atoms. The van der Waals surface area contributed by atoms with E-state index in [-0.39, 0.29) is 19.0 Å². The lowest BCUT2D eigenvalue weighted by Gasteiger charge is -2.06. The van der Waals surface area contributed by atoms with Gasteiger partial charge in [0, 0.05) is 16.2 Å². The van der Waals surface area contributed by atoms with Crippen LogP contribution < -0.4 is 0 Å². The lowest BCUT2D eigenvalue weighted by Crippen LogP contribution is -2.07. The first-order valence-electron chi connectivity index (χ1n) is 8.06. The summed E-state index contributed by atoms with van der Waals surface area (Å²) in [6.07, 6.45) is 1.66. The summed E-state index contributed by atoms with van der Waals surface area (Å²) in [5, 5.41) is 0. The molecule has 1 heterocycles. The molecule has 0 aliphatic heterocycles. The molecule has 0 N–H and O–H groups in total. The van der Waals surface area contributed by atoms with Crippen LogP contribution in [-0.2, 0) is 33.8 Å². The molecule has 0 saturated heterocycles. The second-order valence-electron chi connectivity index (χ2n) is 5.66. The number of hydrogen-bond donors (Lipinski definition) is 0. The zero-order valence-corrected chi connectivity index (χ0v) is 14.5. The van der Waals surface area contributed by atoms with E-state index < -0.39 is 0 Å². The van der Waals surface area contributed by atoms with Gasteiger partial charge in [-0.15, -0.1) is 11.3 Å². The maximum atomic E-state index is 11.9. The molecule has 0 amide bonds. The number of rotatable bonds is 7. The normalized spacial score (nSPS) is 10.4. The Morgan fingerprint density at radius 1 is 0.920 bits per heavy atom. The van der Waals surface area contributed by atoms with Crippen LogP contribution in [0.5, 0.6) is 0 Å². The summed E-state index contributed by atoms with van der Waals surface area (Å²) in [5.74, 6) is -0.230. The van der Waals surface area contributed by atoms with Crippen LogP contribution >= 0.6 is 11.3 Å². The number of esters is 1. The second-order valence-corrected chi connectivity index (χ2v) is 6.83. The van der Waals surface area contributed by atoms with Crippen LogP contribution in [0.3, 0.4) is 0 Å². The summed E-state index contributed by atoms with van der Waals surface area (Å²) in [6.45, 7) is 0.271. The lowest BCUT2D eigenvalue weighted by molar-refractivity contribution is -0.144. The number of thiophene rings is 1. The van der Waals surface area contributed by atoms with Gasteiger partial charge < -0.3 is 9.53 Å². The highest BCUT2D eigenvalue weighted by atomic mass is 32.1. The smallest absolute Gasteiger partial charge is 0.310 e. The van der Waals surface area contributed by atoms with Crippen molar-refractivity contribution in [3.63, 3.8) is 0 Å². The average molecular weight is 350 g/mol. The number of ether oxygens (including phenoxy) is 1. The van der Waals surface area contributed by atoms with E-state index >= 15 is 0 Å². The first-order valence-corrected chi connectivity index (χ1v) is 8.87. The first kappa shape index (κ1) is 17.1. The van der Waals surface area contributed by atoms with E-state index in [4.69, 9.17) is 4.74 Å². The van der Waals surface area contributed by atoms with E-state index in [9.17, 15) is 9.59 Å². The Kier molecular flexibility index (Phi) is 5.75. The fourth-order valence-electron chi connectivity index (χ4n) is 2.47. The van der Waals surface area contributed by atoms with Crippen LogP contribution in [0.1, 0.15) is 16.0 Å². The Labute approximate surface area is 150 Å². The number of carbonyl (C=O) groups is 2. The molecule has 4 heteroatoms. The molecule has 126 valence electrons. The van der Waals surface area contributed by atoms with E-state index in [2.05, 4.69) is 0 Å². The van der Waals surface area contributed by atoms with Gasteiger partial charge in [0.25, 0.3) is 0 Å². The van der Waals surface area contributed by atoms with Gasteiger partial charge in [-0.2, -0.15) is 0 Å². The second kappa shape index (κ2) is 8.40. The van der Waals surface area contributed by atoms with Crippen LogP contribution in [0, 0.1) is 0 Å². The van der Waals surface area contributed by atoms with Gasteiger partial charge in [0.05, 0.1) is 6.42 Å². The summed E-state index contributed by atoms with van der Waals surface area (Å²) in [7, 11) is 0. The molecule has 3 nitrogen and oxygen atoms in total. The summed E-state index contributed by atoms with van der Waals surface area (Å²) in [6, 6.07) is 21.5. The van der Waals surface area contributed by atoms with Crippen molar-refractivity contribution in [3.8, 4) is 10.4 Å². The highest BCUT2D eigenvalue weighted by molar-refractivity contribution is 7.15. The molecule has 0 saturated carbocycles. The van der Waals surface area contributed by atoms with Gasteiger partial charge in [-0.05, 0) is 28.8 Å². The Bertz CT molecular complexity index is 835. The van der Waals surface area contributed by atoms with E-state index in [0.29, 0.717) is 6.42 Å². The summed E-state index contributed by atoms with van der Waals surface area (Å²) in [5.41, 5.74) is 3.00. The molecule has 0 bridgehead atoms. The molecule has 0 aliphatic carbocycles. The van der Waals surface area contributed by atoms with Crippen LogP contribution in [0.4, 0.5) is 0 Å². The fraction of sp³-hybridized carbons (Fsp3) is 0.143. The number of aldehydes is 1. The minimum Gasteiger partial charge on any atom is -0.461 e. The minimum absolute atomic E-state index is 0.230. The molecular weight excluding hydrogens is 332 g/mol. The van der Waals surface area contributed by atoms with Crippen molar-refractivity contribution in [1.29, 1.82) is 0 Å². The average Bonchev–Trinajstić information content (AvgIpc) is 3.10. The number of benzene rings is 2. The minimum atomic E-state index is -0.230. The summed E-state index contributed by atoms with van der Waals surface area (Å²) < 4.78 is 5.34. The quantitative estimate of drug-likeness (QED) is 0.467. The van der Waals surface area contributed by atoms with Crippen molar-refractivity contribution in [3.05, 3.63) is 82.7 Å². The van der Waals surface area contributed by atoms with Gasteiger partial charge in [0.1, 0.15) is 12.9 Å². The van der Waals surface area contributed by atoms with Crippen molar-refractivity contribution in [2.75, 3.05) is 0 Å². The monoisotopic (exact) mass is 350 g/mol. The Hall–Kier alpha value is -2.72. The van der Waals surface area contributed by atoms with Crippen molar-refractivity contribution >= 4 is 23.6 Å². The molecule has 0 unspecified atom stereocenters. The van der Waals surface area contributed by atoms with Crippen molar-refractivity contribution in [2.45, 2.75) is 19.4 Å². The van der Waals surface area contributed by atoms with Crippen molar-refractivity contribution < 1.29 is 14.3 Å². The molecule has 0 atom stereocenters. The van der Waals surface area contributed by atoms with E-state index in [1.54, 1.807) is 11.3 Å². The molecule has 25 heavy (non-hydrogen) atoms. The zero-order valence-electron chi connectivity index (χ0n) is 13.7. The van der Waals surface area contributed by atoms with Gasteiger partial charge in [0.15, 0.2) is 0 Å². The maximum Gasteiger partial charge on any atom is 0.310 e. The zero-order chi connectivity index (χ0) is 17.5. The molecule has 1 aromatic heterocycles. The molecular formula is C21H18O3S. The largest absolute Gasteiger partial charge is 0.461 e. The van der Waals surface area contributed by atoms with Gasteiger partial charge in [-0.1, -0.05) is 54.6 Å². The molecule has 0 aliphatic rings. The molecule has 0 fully saturated rings. The van der Waals surface area contributed by atoms with E-state index in [1.165, 1.54) is 0 Å². The summed E-state index contributed by atoms with van der Waals surface area (Å²) in [4.78, 5) is 24.6. The van der Waals surface area contributed by atoms with Crippen molar-refractivity contribution in [2.24, 2.45) is 0 Å². The highest BCUT2D eigenvalue weighted by Crippen LogP contribution is 2.28. The van der Waals surface area contributed by atoms with Gasteiger partial charge in [-0.3, -0.25) is 4.79 Å². The number of carbonyl (C=O) groups excluding carboxylic acids is 2. The Balaban J connectivity index is 1.55. The topological polar surface area (TPSA) is 43.4 Å². The first-order chi connectivity index (χ1) is 12.2. The summed E-state index contributed by atoms with van der Waals surface area (Å²) >= 11 is 1.62. The van der Waals surface area contributed by atoms with Crippen LogP contribution in [0.25, 0.3) is 10.4 Å². The molecule has 3 rings (SSSR count).